The molecule has 0 spiro atoms. The van der Waals surface area contributed by atoms with Gasteiger partial charge in [-0.15, -0.1) is 0 Å². The Kier molecular flexibility index (Phi) is 4.22. The van der Waals surface area contributed by atoms with Crippen LogP contribution in [0.25, 0.3) is 10.9 Å². The average molecular weight is 380 g/mol. The van der Waals surface area contributed by atoms with Gasteiger partial charge in [0.1, 0.15) is 11.3 Å². The number of pyridine rings is 1. The molecule has 144 valence electrons. The monoisotopic (exact) mass is 380 g/mol. The molecular formula is C21H20N2O5. The molecule has 0 radical (unpaired) electrons. The van der Waals surface area contributed by atoms with E-state index in [4.69, 9.17) is 9.47 Å². The first-order valence-electron chi connectivity index (χ1n) is 8.85. The second kappa shape index (κ2) is 6.60. The Hall–Kier alpha value is -3.48. The minimum absolute atomic E-state index is 0.251. The van der Waals surface area contributed by atoms with Gasteiger partial charge >= 0.3 is 0 Å². The summed E-state index contributed by atoms with van der Waals surface area (Å²) in [6.07, 6.45) is 0.710. The fourth-order valence-corrected chi connectivity index (χ4v) is 3.73. The van der Waals surface area contributed by atoms with Gasteiger partial charge in [-0.25, -0.2) is 0 Å². The van der Waals surface area contributed by atoms with Crippen LogP contribution in [-0.4, -0.2) is 36.3 Å². The lowest BCUT2D eigenvalue weighted by atomic mass is 10.1. The van der Waals surface area contributed by atoms with E-state index in [2.05, 4.69) is 0 Å². The number of hydrogen-bond acceptors (Lipinski definition) is 5. The highest BCUT2D eigenvalue weighted by atomic mass is 16.5. The summed E-state index contributed by atoms with van der Waals surface area (Å²) in [7, 11) is 4.53. The van der Waals surface area contributed by atoms with Crippen molar-refractivity contribution < 1.29 is 19.4 Å². The standard InChI is InChI=1S/C21H20N2O5/c1-22-15-11-17(28-3)16(27-2)10-13(15)19(24)18(20(22)25)21(26)23-9-8-12-6-4-5-7-14(12)23/h4-7,10-11,24H,8-9H2,1-3H3. The van der Waals surface area contributed by atoms with E-state index in [0.29, 0.717) is 35.4 Å². The molecule has 2 aromatic carbocycles. The second-order valence-electron chi connectivity index (χ2n) is 6.65. The lowest BCUT2D eigenvalue weighted by molar-refractivity contribution is 0.0985. The van der Waals surface area contributed by atoms with Crippen molar-refractivity contribution in [1.82, 2.24) is 4.57 Å². The third-order valence-corrected chi connectivity index (χ3v) is 5.22. The van der Waals surface area contributed by atoms with Gasteiger partial charge in [-0.1, -0.05) is 18.2 Å². The van der Waals surface area contributed by atoms with Gasteiger partial charge in [-0.3, -0.25) is 9.59 Å². The molecule has 28 heavy (non-hydrogen) atoms. The van der Waals surface area contributed by atoms with Crippen molar-refractivity contribution in [3.05, 3.63) is 57.9 Å². The Morgan fingerprint density at radius 2 is 1.79 bits per heavy atom. The molecule has 3 aromatic rings. The van der Waals surface area contributed by atoms with E-state index < -0.39 is 11.5 Å². The van der Waals surface area contributed by atoms with Crippen LogP contribution < -0.4 is 19.9 Å². The second-order valence-corrected chi connectivity index (χ2v) is 6.65. The Morgan fingerprint density at radius 1 is 1.11 bits per heavy atom. The highest BCUT2D eigenvalue weighted by molar-refractivity contribution is 6.11. The molecule has 1 aliphatic heterocycles. The molecule has 7 nitrogen and oxygen atoms in total. The molecule has 0 unspecified atom stereocenters. The normalized spacial score (nSPS) is 12.9. The van der Waals surface area contributed by atoms with Crippen LogP contribution in [0.15, 0.2) is 41.2 Å². The van der Waals surface area contributed by atoms with Crippen LogP contribution in [0.1, 0.15) is 15.9 Å². The molecule has 1 N–H and O–H groups in total. The van der Waals surface area contributed by atoms with Gasteiger partial charge in [0.15, 0.2) is 11.5 Å². The minimum Gasteiger partial charge on any atom is -0.506 e. The van der Waals surface area contributed by atoms with E-state index in [0.717, 1.165) is 11.3 Å². The number of aryl methyl sites for hydroxylation is 1. The molecule has 2 heterocycles. The smallest absolute Gasteiger partial charge is 0.267 e. The Bertz CT molecular complexity index is 1170. The number of ether oxygens (including phenoxy) is 2. The third-order valence-electron chi connectivity index (χ3n) is 5.22. The number of anilines is 1. The number of hydrogen-bond donors (Lipinski definition) is 1. The number of para-hydroxylation sites is 1. The molecule has 0 fully saturated rings. The van der Waals surface area contributed by atoms with Crippen LogP contribution in [0.3, 0.4) is 0 Å². The molecule has 7 heteroatoms. The maximum absolute atomic E-state index is 13.2. The van der Waals surface area contributed by atoms with Gasteiger partial charge in [0, 0.05) is 30.7 Å². The Labute approximate surface area is 161 Å². The molecule has 0 saturated heterocycles. The SMILES string of the molecule is COc1cc2c(O)c(C(=O)N3CCc4ccccc43)c(=O)n(C)c2cc1OC. The predicted molar refractivity (Wildman–Crippen MR) is 106 cm³/mol. The molecular weight excluding hydrogens is 360 g/mol. The zero-order chi connectivity index (χ0) is 20.0. The Balaban J connectivity index is 1.93. The maximum atomic E-state index is 13.2. The van der Waals surface area contributed by atoms with E-state index in [-0.39, 0.29) is 11.3 Å². The highest BCUT2D eigenvalue weighted by Crippen LogP contribution is 2.37. The number of aromatic nitrogens is 1. The van der Waals surface area contributed by atoms with Crippen LogP contribution in [0.5, 0.6) is 17.2 Å². The summed E-state index contributed by atoms with van der Waals surface area (Å²) in [4.78, 5) is 27.7. The zero-order valence-corrected chi connectivity index (χ0v) is 15.9. The molecule has 1 aromatic heterocycles. The molecule has 0 saturated carbocycles. The first kappa shape index (κ1) is 17.9. The largest absolute Gasteiger partial charge is 0.506 e. The summed E-state index contributed by atoms with van der Waals surface area (Å²) < 4.78 is 11.9. The number of benzene rings is 2. The number of aromatic hydroxyl groups is 1. The predicted octanol–water partition coefficient (Wildman–Crippen LogP) is 2.46. The van der Waals surface area contributed by atoms with Crippen LogP contribution in [-0.2, 0) is 13.5 Å². The van der Waals surface area contributed by atoms with Crippen molar-refractivity contribution in [2.45, 2.75) is 6.42 Å². The average Bonchev–Trinajstić information content (AvgIpc) is 3.15. The number of rotatable bonds is 3. The van der Waals surface area contributed by atoms with Gasteiger partial charge in [-0.2, -0.15) is 0 Å². The van der Waals surface area contributed by atoms with Gasteiger partial charge in [0.25, 0.3) is 11.5 Å². The molecule has 4 rings (SSSR count). The molecule has 0 aliphatic carbocycles. The third kappa shape index (κ3) is 2.51. The highest BCUT2D eigenvalue weighted by Gasteiger charge is 2.31. The minimum atomic E-state index is -0.563. The zero-order valence-electron chi connectivity index (χ0n) is 15.9. The van der Waals surface area contributed by atoms with Crippen LogP contribution >= 0.6 is 0 Å². The number of amides is 1. The number of nitrogens with zero attached hydrogens (tertiary/aromatic N) is 2. The van der Waals surface area contributed by atoms with Crippen molar-refractivity contribution in [3.8, 4) is 17.2 Å². The summed E-state index contributed by atoms with van der Waals surface area (Å²) in [5.74, 6) is -0.0426. The lowest BCUT2D eigenvalue weighted by Gasteiger charge is -2.19. The van der Waals surface area contributed by atoms with E-state index in [1.54, 1.807) is 24.1 Å². The Morgan fingerprint density at radius 3 is 2.50 bits per heavy atom. The summed E-state index contributed by atoms with van der Waals surface area (Å²) in [6, 6.07) is 10.7. The summed E-state index contributed by atoms with van der Waals surface area (Å²) in [6.45, 7) is 0.463. The number of methoxy groups -OCH3 is 2. The van der Waals surface area contributed by atoms with E-state index in [1.807, 2.05) is 24.3 Å². The van der Waals surface area contributed by atoms with Crippen LogP contribution in [0.4, 0.5) is 5.69 Å². The van der Waals surface area contributed by atoms with Crippen molar-refractivity contribution >= 4 is 22.5 Å². The molecule has 1 amide bonds. The first-order valence-corrected chi connectivity index (χ1v) is 8.85. The van der Waals surface area contributed by atoms with Gasteiger partial charge in [-0.05, 0) is 24.1 Å². The van der Waals surface area contributed by atoms with Gasteiger partial charge in [0.2, 0.25) is 0 Å². The number of carbonyl (C=O) groups excluding carboxylic acids is 1. The van der Waals surface area contributed by atoms with Gasteiger partial charge in [0.05, 0.1) is 19.7 Å². The van der Waals surface area contributed by atoms with Crippen LogP contribution in [0.2, 0.25) is 0 Å². The molecule has 0 atom stereocenters. The van der Waals surface area contributed by atoms with Crippen molar-refractivity contribution in [2.75, 3.05) is 25.7 Å². The van der Waals surface area contributed by atoms with Crippen molar-refractivity contribution in [3.63, 3.8) is 0 Å². The quantitative estimate of drug-likeness (QED) is 0.755. The maximum Gasteiger partial charge on any atom is 0.267 e. The van der Waals surface area contributed by atoms with E-state index in [1.165, 1.54) is 18.8 Å². The fraction of sp³-hybridized carbons (Fsp3) is 0.238. The first-order chi connectivity index (χ1) is 13.5. The van der Waals surface area contributed by atoms with Gasteiger partial charge < -0.3 is 24.0 Å². The van der Waals surface area contributed by atoms with Crippen LogP contribution in [0, 0.1) is 0 Å². The number of fused-ring (bicyclic) bond motifs is 2. The topological polar surface area (TPSA) is 81.0 Å². The van der Waals surface area contributed by atoms with E-state index in [9.17, 15) is 14.7 Å². The molecule has 1 aliphatic rings. The van der Waals surface area contributed by atoms with Crippen molar-refractivity contribution in [2.24, 2.45) is 7.05 Å². The van der Waals surface area contributed by atoms with E-state index >= 15 is 0 Å². The molecule has 0 bridgehead atoms. The lowest BCUT2D eigenvalue weighted by Crippen LogP contribution is -2.35. The summed E-state index contributed by atoms with van der Waals surface area (Å²) >= 11 is 0. The number of carbonyl (C=O) groups is 1. The summed E-state index contributed by atoms with van der Waals surface area (Å²) in [5, 5.41) is 11.2. The fourth-order valence-electron chi connectivity index (χ4n) is 3.73. The summed E-state index contributed by atoms with van der Waals surface area (Å²) in [5.41, 5.74) is 1.43. The van der Waals surface area contributed by atoms with Crippen molar-refractivity contribution in [1.29, 1.82) is 0 Å².